The second-order valence-electron chi connectivity index (χ2n) is 4.09. The molecule has 76 valence electrons. The van der Waals surface area contributed by atoms with Crippen LogP contribution in [0.4, 0.5) is 0 Å². The van der Waals surface area contributed by atoms with Crippen molar-refractivity contribution in [3.05, 3.63) is 0 Å². The minimum Gasteiger partial charge on any atom is -0.350 e. The molecule has 1 aliphatic heterocycles. The van der Waals surface area contributed by atoms with E-state index in [-0.39, 0.29) is 12.4 Å². The maximum atomic E-state index is 5.70. The quantitative estimate of drug-likeness (QED) is 0.704. The Morgan fingerprint density at radius 3 is 2.54 bits per heavy atom. The van der Waals surface area contributed by atoms with E-state index in [9.17, 15) is 0 Å². The average molecular weight is 185 g/mol. The molecular formula is C10H19NO2. The summed E-state index contributed by atoms with van der Waals surface area (Å²) in [6.45, 7) is 1.28. The van der Waals surface area contributed by atoms with Crippen molar-refractivity contribution in [3.63, 3.8) is 0 Å². The second-order valence-corrected chi connectivity index (χ2v) is 4.09. The lowest BCUT2D eigenvalue weighted by molar-refractivity contribution is -0.103. The second kappa shape index (κ2) is 4.40. The SMILES string of the molecule is NCC1COC(C2CCCCC2)O1. The Hall–Kier alpha value is -0.120. The lowest BCUT2D eigenvalue weighted by Gasteiger charge is -2.26. The molecule has 2 rings (SSSR count). The molecule has 0 spiro atoms. The van der Waals surface area contributed by atoms with E-state index in [1.54, 1.807) is 0 Å². The predicted molar refractivity (Wildman–Crippen MR) is 50.2 cm³/mol. The summed E-state index contributed by atoms with van der Waals surface area (Å²) in [5, 5.41) is 0. The van der Waals surface area contributed by atoms with E-state index in [4.69, 9.17) is 15.2 Å². The Bertz CT molecular complexity index is 157. The normalized spacial score (nSPS) is 36.7. The molecule has 0 aromatic heterocycles. The molecule has 0 bridgehead atoms. The lowest BCUT2D eigenvalue weighted by atomic mass is 9.89. The molecule has 3 nitrogen and oxygen atoms in total. The van der Waals surface area contributed by atoms with Gasteiger partial charge in [0, 0.05) is 12.5 Å². The topological polar surface area (TPSA) is 44.5 Å². The predicted octanol–water partition coefficient (Wildman–Crippen LogP) is 1.27. The Morgan fingerprint density at radius 1 is 1.15 bits per heavy atom. The van der Waals surface area contributed by atoms with Gasteiger partial charge in [-0.2, -0.15) is 0 Å². The maximum absolute atomic E-state index is 5.70. The zero-order valence-corrected chi connectivity index (χ0v) is 8.08. The Morgan fingerprint density at radius 2 is 1.92 bits per heavy atom. The van der Waals surface area contributed by atoms with Gasteiger partial charge in [0.15, 0.2) is 6.29 Å². The van der Waals surface area contributed by atoms with Crippen LogP contribution < -0.4 is 5.73 Å². The molecule has 0 radical (unpaired) electrons. The zero-order valence-electron chi connectivity index (χ0n) is 8.08. The Labute approximate surface area is 79.6 Å². The molecular weight excluding hydrogens is 166 g/mol. The molecule has 3 heteroatoms. The first-order valence-electron chi connectivity index (χ1n) is 5.37. The van der Waals surface area contributed by atoms with E-state index in [0.29, 0.717) is 19.1 Å². The van der Waals surface area contributed by atoms with E-state index in [1.165, 1.54) is 32.1 Å². The summed E-state index contributed by atoms with van der Waals surface area (Å²) in [6.07, 6.45) is 6.77. The highest BCUT2D eigenvalue weighted by Crippen LogP contribution is 2.31. The molecule has 13 heavy (non-hydrogen) atoms. The van der Waals surface area contributed by atoms with Crippen LogP contribution in [-0.2, 0) is 9.47 Å². The maximum Gasteiger partial charge on any atom is 0.161 e. The van der Waals surface area contributed by atoms with E-state index < -0.39 is 0 Å². The molecule has 2 atom stereocenters. The first kappa shape index (κ1) is 9.44. The van der Waals surface area contributed by atoms with Gasteiger partial charge in [-0.3, -0.25) is 0 Å². The highest BCUT2D eigenvalue weighted by molar-refractivity contribution is 4.74. The number of rotatable bonds is 2. The third-order valence-corrected chi connectivity index (χ3v) is 3.07. The van der Waals surface area contributed by atoms with E-state index in [1.807, 2.05) is 0 Å². The van der Waals surface area contributed by atoms with E-state index in [0.717, 1.165) is 0 Å². The van der Waals surface area contributed by atoms with Crippen LogP contribution >= 0.6 is 0 Å². The van der Waals surface area contributed by atoms with Crippen LogP contribution in [0.2, 0.25) is 0 Å². The first-order valence-corrected chi connectivity index (χ1v) is 5.37. The number of hydrogen-bond donors (Lipinski definition) is 1. The molecule has 2 aliphatic rings. The summed E-state index contributed by atoms with van der Waals surface area (Å²) in [6, 6.07) is 0. The van der Waals surface area contributed by atoms with Crippen LogP contribution in [0.3, 0.4) is 0 Å². The van der Waals surface area contributed by atoms with Crippen LogP contribution in [0.1, 0.15) is 32.1 Å². The molecule has 1 saturated heterocycles. The van der Waals surface area contributed by atoms with Crippen molar-refractivity contribution >= 4 is 0 Å². The molecule has 0 amide bonds. The van der Waals surface area contributed by atoms with Gasteiger partial charge in [-0.05, 0) is 12.8 Å². The van der Waals surface area contributed by atoms with Crippen LogP contribution in [-0.4, -0.2) is 25.5 Å². The van der Waals surface area contributed by atoms with Gasteiger partial charge in [0.1, 0.15) is 0 Å². The molecule has 1 saturated carbocycles. The average Bonchev–Trinajstić information content (AvgIpc) is 2.67. The van der Waals surface area contributed by atoms with Crippen LogP contribution in [0, 0.1) is 5.92 Å². The van der Waals surface area contributed by atoms with Gasteiger partial charge < -0.3 is 15.2 Å². The van der Waals surface area contributed by atoms with Crippen molar-refractivity contribution in [3.8, 4) is 0 Å². The third-order valence-electron chi connectivity index (χ3n) is 3.07. The lowest BCUT2D eigenvalue weighted by Crippen LogP contribution is -2.27. The first-order chi connectivity index (χ1) is 6.40. The molecule has 0 aromatic rings. The minimum atomic E-state index is 0.0499. The van der Waals surface area contributed by atoms with Crippen molar-refractivity contribution in [2.45, 2.75) is 44.5 Å². The highest BCUT2D eigenvalue weighted by Gasteiger charge is 2.32. The number of hydrogen-bond acceptors (Lipinski definition) is 3. The summed E-state index contributed by atoms with van der Waals surface area (Å²) in [5.41, 5.74) is 5.52. The summed E-state index contributed by atoms with van der Waals surface area (Å²) in [7, 11) is 0. The number of nitrogens with two attached hydrogens (primary N) is 1. The fraction of sp³-hybridized carbons (Fsp3) is 1.00. The molecule has 2 fully saturated rings. The van der Waals surface area contributed by atoms with E-state index >= 15 is 0 Å². The fourth-order valence-corrected chi connectivity index (χ4v) is 2.25. The van der Waals surface area contributed by atoms with Crippen LogP contribution in [0.25, 0.3) is 0 Å². The monoisotopic (exact) mass is 185 g/mol. The smallest absolute Gasteiger partial charge is 0.161 e. The van der Waals surface area contributed by atoms with Gasteiger partial charge in [-0.25, -0.2) is 0 Å². The van der Waals surface area contributed by atoms with E-state index in [2.05, 4.69) is 0 Å². The summed E-state index contributed by atoms with van der Waals surface area (Å²) < 4.78 is 11.3. The van der Waals surface area contributed by atoms with Gasteiger partial charge >= 0.3 is 0 Å². The van der Waals surface area contributed by atoms with Crippen LogP contribution in [0.15, 0.2) is 0 Å². The zero-order chi connectivity index (χ0) is 9.10. The number of ether oxygens (including phenoxy) is 2. The van der Waals surface area contributed by atoms with Gasteiger partial charge in [-0.1, -0.05) is 19.3 Å². The van der Waals surface area contributed by atoms with Crippen molar-refractivity contribution in [1.29, 1.82) is 0 Å². The molecule has 1 aliphatic carbocycles. The van der Waals surface area contributed by atoms with Crippen molar-refractivity contribution in [1.82, 2.24) is 0 Å². The van der Waals surface area contributed by atoms with Gasteiger partial charge in [0.2, 0.25) is 0 Å². The summed E-state index contributed by atoms with van der Waals surface area (Å²) in [4.78, 5) is 0. The minimum absolute atomic E-state index is 0.0499. The molecule has 1 heterocycles. The summed E-state index contributed by atoms with van der Waals surface area (Å²) in [5.74, 6) is 0.630. The largest absolute Gasteiger partial charge is 0.350 e. The third kappa shape index (κ3) is 2.22. The molecule has 2 unspecified atom stereocenters. The Balaban J connectivity index is 1.80. The van der Waals surface area contributed by atoms with Crippen LogP contribution in [0.5, 0.6) is 0 Å². The van der Waals surface area contributed by atoms with Gasteiger partial charge in [0.05, 0.1) is 12.7 Å². The summed E-state index contributed by atoms with van der Waals surface area (Å²) >= 11 is 0. The van der Waals surface area contributed by atoms with Crippen molar-refractivity contribution in [2.75, 3.05) is 13.2 Å². The van der Waals surface area contributed by atoms with Crippen molar-refractivity contribution < 1.29 is 9.47 Å². The van der Waals surface area contributed by atoms with Gasteiger partial charge in [0.25, 0.3) is 0 Å². The Kier molecular flexibility index (Phi) is 3.19. The standard InChI is InChI=1S/C10H19NO2/c11-6-9-7-12-10(13-9)8-4-2-1-3-5-8/h8-10H,1-7,11H2. The fourth-order valence-electron chi connectivity index (χ4n) is 2.25. The van der Waals surface area contributed by atoms with Crippen molar-refractivity contribution in [2.24, 2.45) is 11.7 Å². The molecule has 2 N–H and O–H groups in total. The van der Waals surface area contributed by atoms with Gasteiger partial charge in [-0.15, -0.1) is 0 Å². The molecule has 0 aromatic carbocycles. The highest BCUT2D eigenvalue weighted by atomic mass is 16.7.